The van der Waals surface area contributed by atoms with Crippen molar-refractivity contribution in [3.05, 3.63) is 41.0 Å². The number of fused-ring (bicyclic) bond motifs is 2. The molecule has 2 aromatic heterocycles. The number of carbonyl (C=O) groups is 1. The number of aromatic nitrogens is 3. The fourth-order valence-electron chi connectivity index (χ4n) is 4.58. The summed E-state index contributed by atoms with van der Waals surface area (Å²) < 4.78 is 21.4. The number of hydrogen-bond donors (Lipinski definition) is 0. The molecule has 9 heteroatoms. The number of carbonyl (C=O) groups excluding carboxylic acids is 1. The molecule has 1 aliphatic carbocycles. The van der Waals surface area contributed by atoms with Crippen molar-refractivity contribution in [2.24, 2.45) is 0 Å². The minimum absolute atomic E-state index is 0.0903. The second kappa shape index (κ2) is 7.76. The number of nitriles is 1. The molecule has 3 aliphatic rings. The van der Waals surface area contributed by atoms with Crippen molar-refractivity contribution >= 4 is 11.9 Å². The highest BCUT2D eigenvalue weighted by Gasteiger charge is 2.45. The summed E-state index contributed by atoms with van der Waals surface area (Å²) in [6.45, 7) is 1.44. The van der Waals surface area contributed by atoms with Gasteiger partial charge < -0.3 is 14.5 Å². The van der Waals surface area contributed by atoms with E-state index in [2.05, 4.69) is 21.0 Å². The number of amides is 1. The zero-order chi connectivity index (χ0) is 21.4. The predicted octanol–water partition coefficient (Wildman–Crippen LogP) is 1.96. The molecular weight excluding hydrogens is 399 g/mol. The molecular formula is C22H23FN6O2. The normalized spacial score (nSPS) is 19.6. The summed E-state index contributed by atoms with van der Waals surface area (Å²) >= 11 is 0. The Labute approximate surface area is 179 Å². The third kappa shape index (κ3) is 3.56. The number of rotatable bonds is 2. The number of anilines is 1. The number of pyridine rings is 1. The molecule has 1 saturated heterocycles. The molecule has 0 aromatic carbocycles. The Morgan fingerprint density at radius 3 is 2.81 bits per heavy atom. The van der Waals surface area contributed by atoms with E-state index in [4.69, 9.17) is 4.74 Å². The first-order chi connectivity index (χ1) is 15.1. The molecule has 5 rings (SSSR count). The molecule has 8 nitrogen and oxygen atoms in total. The van der Waals surface area contributed by atoms with Crippen LogP contribution in [0.25, 0.3) is 0 Å². The molecule has 0 spiro atoms. The van der Waals surface area contributed by atoms with E-state index in [0.717, 1.165) is 25.0 Å². The molecule has 160 valence electrons. The van der Waals surface area contributed by atoms with E-state index in [-0.39, 0.29) is 32.5 Å². The zero-order valence-electron chi connectivity index (χ0n) is 17.2. The van der Waals surface area contributed by atoms with Gasteiger partial charge in [-0.3, -0.25) is 9.78 Å². The number of piperidine rings is 1. The maximum atomic E-state index is 15.7. The fraction of sp³-hybridized carbons (Fsp3) is 0.500. The van der Waals surface area contributed by atoms with Crippen molar-refractivity contribution in [2.75, 3.05) is 31.1 Å². The van der Waals surface area contributed by atoms with E-state index >= 15 is 4.39 Å². The van der Waals surface area contributed by atoms with Crippen molar-refractivity contribution in [1.82, 2.24) is 19.9 Å². The van der Waals surface area contributed by atoms with Crippen molar-refractivity contribution in [2.45, 2.75) is 44.3 Å². The number of nitrogens with zero attached hydrogens (tertiary/aromatic N) is 6. The van der Waals surface area contributed by atoms with Crippen LogP contribution in [-0.4, -0.2) is 57.7 Å². The van der Waals surface area contributed by atoms with Crippen LogP contribution in [0.15, 0.2) is 18.6 Å². The maximum Gasteiger partial charge on any atom is 0.260 e. The van der Waals surface area contributed by atoms with Crippen molar-refractivity contribution in [3.63, 3.8) is 0 Å². The zero-order valence-corrected chi connectivity index (χ0v) is 17.2. The maximum absolute atomic E-state index is 15.7. The highest BCUT2D eigenvalue weighted by Crippen LogP contribution is 2.33. The minimum Gasteiger partial charge on any atom is -0.490 e. The SMILES string of the molecule is N#Cc1cncc2c1OCCN(C(=O)C1(F)CCN(c3ncc4c(n3)CCC4)CC1)C2. The number of aryl methyl sites for hydroxylation is 2. The third-order valence-electron chi connectivity index (χ3n) is 6.37. The Morgan fingerprint density at radius 1 is 1.16 bits per heavy atom. The molecule has 1 fully saturated rings. The van der Waals surface area contributed by atoms with Crippen LogP contribution in [0.3, 0.4) is 0 Å². The third-order valence-corrected chi connectivity index (χ3v) is 6.37. The highest BCUT2D eigenvalue weighted by atomic mass is 19.1. The smallest absolute Gasteiger partial charge is 0.260 e. The molecule has 2 aromatic rings. The van der Waals surface area contributed by atoms with Gasteiger partial charge in [0, 0.05) is 55.8 Å². The molecule has 31 heavy (non-hydrogen) atoms. The quantitative estimate of drug-likeness (QED) is 0.730. The number of hydrogen-bond acceptors (Lipinski definition) is 7. The van der Waals surface area contributed by atoms with Gasteiger partial charge >= 0.3 is 0 Å². The van der Waals surface area contributed by atoms with Crippen LogP contribution in [0.1, 0.15) is 41.6 Å². The first kappa shape index (κ1) is 19.7. The lowest BCUT2D eigenvalue weighted by molar-refractivity contribution is -0.146. The second-order valence-electron chi connectivity index (χ2n) is 8.31. The topological polar surface area (TPSA) is 95.2 Å². The molecule has 0 bridgehead atoms. The number of halogens is 1. The van der Waals surface area contributed by atoms with Crippen LogP contribution in [0.5, 0.6) is 5.75 Å². The van der Waals surface area contributed by atoms with Crippen LogP contribution in [-0.2, 0) is 24.2 Å². The van der Waals surface area contributed by atoms with Crippen molar-refractivity contribution in [1.29, 1.82) is 5.26 Å². The Bertz CT molecular complexity index is 1060. The summed E-state index contributed by atoms with van der Waals surface area (Å²) in [5, 5.41) is 9.25. The summed E-state index contributed by atoms with van der Waals surface area (Å²) in [4.78, 5) is 29.8. The van der Waals surface area contributed by atoms with Gasteiger partial charge in [0.15, 0.2) is 5.67 Å². The summed E-state index contributed by atoms with van der Waals surface area (Å²) in [7, 11) is 0. The fourth-order valence-corrected chi connectivity index (χ4v) is 4.58. The van der Waals surface area contributed by atoms with Gasteiger partial charge in [0.25, 0.3) is 5.91 Å². The number of alkyl halides is 1. The summed E-state index contributed by atoms with van der Waals surface area (Å²) in [5.74, 6) is 0.535. The van der Waals surface area contributed by atoms with Gasteiger partial charge in [-0.15, -0.1) is 0 Å². The molecule has 0 N–H and O–H groups in total. The van der Waals surface area contributed by atoms with Crippen LogP contribution in [0.2, 0.25) is 0 Å². The van der Waals surface area contributed by atoms with Gasteiger partial charge in [-0.25, -0.2) is 14.4 Å². The summed E-state index contributed by atoms with van der Waals surface area (Å²) in [5.41, 5.74) is 1.31. The molecule has 0 atom stereocenters. The standard InChI is InChI=1S/C22H23FN6O2/c23-22(4-6-28(7-5-22)21-26-13-15-2-1-3-18(15)27-21)20(30)29-8-9-31-19-16(10-24)11-25-12-17(19)14-29/h11-13H,1-9,14H2. The van der Waals surface area contributed by atoms with Gasteiger partial charge in [-0.05, 0) is 24.8 Å². The van der Waals surface area contributed by atoms with E-state index in [1.54, 1.807) is 6.20 Å². The molecule has 2 aliphatic heterocycles. The first-order valence-electron chi connectivity index (χ1n) is 10.7. The lowest BCUT2D eigenvalue weighted by Gasteiger charge is -2.38. The predicted molar refractivity (Wildman–Crippen MR) is 109 cm³/mol. The minimum atomic E-state index is -1.93. The van der Waals surface area contributed by atoms with Crippen molar-refractivity contribution in [3.8, 4) is 11.8 Å². The molecule has 0 radical (unpaired) electrons. The highest BCUT2D eigenvalue weighted by molar-refractivity contribution is 5.85. The average molecular weight is 422 g/mol. The second-order valence-corrected chi connectivity index (χ2v) is 8.31. The van der Waals surface area contributed by atoms with Crippen LogP contribution >= 0.6 is 0 Å². The molecule has 1 amide bonds. The van der Waals surface area contributed by atoms with E-state index in [9.17, 15) is 10.1 Å². The largest absolute Gasteiger partial charge is 0.490 e. The Morgan fingerprint density at radius 2 is 2.00 bits per heavy atom. The molecule has 0 unspecified atom stereocenters. The van der Waals surface area contributed by atoms with Crippen LogP contribution < -0.4 is 9.64 Å². The van der Waals surface area contributed by atoms with Gasteiger partial charge in [-0.2, -0.15) is 5.26 Å². The Kier molecular flexibility index (Phi) is 4.93. The van der Waals surface area contributed by atoms with Gasteiger partial charge in [0.05, 0.1) is 13.1 Å². The van der Waals surface area contributed by atoms with E-state index in [1.807, 2.05) is 11.1 Å². The lowest BCUT2D eigenvalue weighted by Crippen LogP contribution is -2.53. The average Bonchev–Trinajstić information content (AvgIpc) is 3.16. The molecule has 4 heterocycles. The van der Waals surface area contributed by atoms with Crippen LogP contribution in [0, 0.1) is 11.3 Å². The summed E-state index contributed by atoms with van der Waals surface area (Å²) in [6, 6.07) is 2.05. The van der Waals surface area contributed by atoms with Gasteiger partial charge in [0.1, 0.15) is 24.0 Å². The first-order valence-corrected chi connectivity index (χ1v) is 10.7. The van der Waals surface area contributed by atoms with E-state index in [0.29, 0.717) is 35.9 Å². The van der Waals surface area contributed by atoms with Crippen molar-refractivity contribution < 1.29 is 13.9 Å². The monoisotopic (exact) mass is 422 g/mol. The van der Waals surface area contributed by atoms with E-state index < -0.39 is 11.6 Å². The van der Waals surface area contributed by atoms with Crippen LogP contribution in [0.4, 0.5) is 10.3 Å². The Balaban J connectivity index is 1.28. The Hall–Kier alpha value is -3.28. The van der Waals surface area contributed by atoms with E-state index in [1.165, 1.54) is 16.7 Å². The number of ether oxygens (including phenoxy) is 1. The van der Waals surface area contributed by atoms with Gasteiger partial charge in [-0.1, -0.05) is 0 Å². The molecule has 0 saturated carbocycles. The lowest BCUT2D eigenvalue weighted by atomic mass is 9.91. The van der Waals surface area contributed by atoms with Gasteiger partial charge in [0.2, 0.25) is 5.95 Å². The summed E-state index contributed by atoms with van der Waals surface area (Å²) in [6.07, 6.45) is 8.15.